The van der Waals surface area contributed by atoms with E-state index < -0.39 is 11.8 Å². The van der Waals surface area contributed by atoms with Crippen LogP contribution in [0.2, 0.25) is 0 Å². The van der Waals surface area contributed by atoms with Crippen LogP contribution in [0.15, 0.2) is 76.0 Å². The second kappa shape index (κ2) is 17.1. The number of benzene rings is 3. The molecule has 3 aromatic carbocycles. The van der Waals surface area contributed by atoms with Gasteiger partial charge in [-0.2, -0.15) is 4.98 Å². The smallest absolute Gasteiger partial charge is 0.852 e. The van der Waals surface area contributed by atoms with Crippen molar-refractivity contribution in [2.24, 2.45) is 0 Å². The maximum atomic E-state index is 11.5. The normalized spacial score (nSPS) is 9.42. The summed E-state index contributed by atoms with van der Waals surface area (Å²) in [6.07, 6.45) is -0.902. The second-order valence-electron chi connectivity index (χ2n) is 7.45. The molecule has 0 aliphatic rings. The van der Waals surface area contributed by atoms with Gasteiger partial charge in [0.2, 0.25) is 0 Å². The molecule has 4 rings (SSSR count). The van der Waals surface area contributed by atoms with Gasteiger partial charge in [0.15, 0.2) is 6.08 Å². The Balaban J connectivity index is 0. The molecule has 0 amide bonds. The molecule has 0 fully saturated rings. The molecule has 4 aromatic rings. The van der Waals surface area contributed by atoms with Gasteiger partial charge in [-0.1, -0.05) is 36.4 Å². The number of aryl methyl sites for hydroxylation is 1. The number of hydrogen-bond acceptors (Lipinski definition) is 7. The third kappa shape index (κ3) is 9.46. The zero-order chi connectivity index (χ0) is 23.2. The Bertz CT molecular complexity index is 1290. The van der Waals surface area contributed by atoms with Gasteiger partial charge in [-0.15, -0.1) is 6.61 Å². The minimum atomic E-state index is -0.902. The molecule has 13 heteroatoms. The average molecular weight is 543 g/mol. The molecule has 0 bridgehead atoms. The summed E-state index contributed by atoms with van der Waals surface area (Å²) >= 11 is 0. The van der Waals surface area contributed by atoms with Crippen molar-refractivity contribution in [2.75, 3.05) is 13.2 Å². The average Bonchev–Trinajstić information content (AvgIpc) is 3.13. The second-order valence-corrected chi connectivity index (χ2v) is 7.45. The first-order valence-electron chi connectivity index (χ1n) is 10.4. The maximum Gasteiger partial charge on any atom is 2.00 e. The van der Waals surface area contributed by atoms with Crippen LogP contribution in [0.3, 0.4) is 0 Å². The van der Waals surface area contributed by atoms with Crippen molar-refractivity contribution in [3.05, 3.63) is 93.9 Å². The predicted molar refractivity (Wildman–Crippen MR) is 137 cm³/mol. The number of nitrogens with zero attached hydrogens (tertiary/aromatic N) is 2. The van der Waals surface area contributed by atoms with Crippen LogP contribution in [0.1, 0.15) is 16.7 Å². The number of aromatic nitrogens is 2. The van der Waals surface area contributed by atoms with E-state index in [0.717, 1.165) is 32.6 Å². The molecule has 0 saturated carbocycles. The van der Waals surface area contributed by atoms with E-state index in [1.165, 1.54) is 0 Å². The topological polar surface area (TPSA) is 239 Å². The minimum absolute atomic E-state index is 0. The largest absolute Gasteiger partial charge is 2.00 e. The molecule has 0 saturated heterocycles. The summed E-state index contributed by atoms with van der Waals surface area (Å²) in [4.78, 5) is 14.7. The summed E-state index contributed by atoms with van der Waals surface area (Å²) in [6, 6.07) is 21.1. The van der Waals surface area contributed by atoms with E-state index in [1.807, 2.05) is 43.3 Å². The first kappa shape index (κ1) is 36.7. The fraction of sp³-hybridized carbons (Fsp3) is 0.200. The van der Waals surface area contributed by atoms with Gasteiger partial charge in [0.1, 0.15) is 18.1 Å². The molecule has 0 spiro atoms. The third-order valence-electron chi connectivity index (χ3n) is 5.03. The predicted octanol–water partition coefficient (Wildman–Crippen LogP) is -1.43. The van der Waals surface area contributed by atoms with Crippen molar-refractivity contribution in [1.29, 1.82) is 0 Å². The molecule has 8 N–H and O–H groups in total. The Labute approximate surface area is 234 Å². The summed E-state index contributed by atoms with van der Waals surface area (Å²) < 4.78 is 17.0. The van der Waals surface area contributed by atoms with Crippen LogP contribution in [0.5, 0.6) is 17.6 Å². The van der Waals surface area contributed by atoms with Gasteiger partial charge in [-0.05, 0) is 65.1 Å². The first-order valence-corrected chi connectivity index (χ1v) is 10.4. The molecule has 38 heavy (non-hydrogen) atoms. The van der Waals surface area contributed by atoms with Crippen molar-refractivity contribution >= 4 is 23.1 Å². The summed E-state index contributed by atoms with van der Waals surface area (Å²) in [5.74, 6) is 1.37. The van der Waals surface area contributed by atoms with Gasteiger partial charge in [0.05, 0.1) is 13.2 Å². The van der Waals surface area contributed by atoms with E-state index in [4.69, 9.17) is 14.0 Å². The molecule has 202 valence electrons. The molecule has 1 aromatic heterocycles. The Morgan fingerprint density at radius 1 is 0.895 bits per heavy atom. The Kier molecular flexibility index (Phi) is 16.6. The first-order chi connectivity index (χ1) is 16.0. The Morgan fingerprint density at radius 2 is 1.58 bits per heavy atom. The van der Waals surface area contributed by atoms with Crippen LogP contribution in [-0.2, 0) is 13.2 Å². The summed E-state index contributed by atoms with van der Waals surface area (Å²) in [7, 11) is 0. The minimum Gasteiger partial charge on any atom is -0.852 e. The van der Waals surface area contributed by atoms with Crippen molar-refractivity contribution < 1.29 is 46.1 Å². The summed E-state index contributed by atoms with van der Waals surface area (Å²) in [6.45, 7) is 2.41. The van der Waals surface area contributed by atoms with Crippen LogP contribution < -0.4 is 25.4 Å². The van der Waals surface area contributed by atoms with E-state index in [9.17, 15) is 15.0 Å². The molecule has 0 radical (unpaired) electrons. The summed E-state index contributed by atoms with van der Waals surface area (Å²) in [5, 5.41) is 21.6. The molecular formula is C25H30MgN2O10. The van der Waals surface area contributed by atoms with E-state index in [1.54, 1.807) is 24.3 Å². The van der Waals surface area contributed by atoms with Crippen molar-refractivity contribution in [2.45, 2.75) is 20.1 Å². The van der Waals surface area contributed by atoms with Crippen LogP contribution in [-0.4, -0.2) is 67.9 Å². The fourth-order valence-electron chi connectivity index (χ4n) is 3.45. The number of hydrogen-bond donors (Lipinski definition) is 0. The Morgan fingerprint density at radius 3 is 2.18 bits per heavy atom. The molecule has 0 atom stereocenters. The molecular weight excluding hydrogens is 513 g/mol. The third-order valence-corrected chi connectivity index (χ3v) is 5.03. The van der Waals surface area contributed by atoms with E-state index in [2.05, 4.69) is 11.1 Å². The maximum absolute atomic E-state index is 11.5. The molecule has 0 unspecified atom stereocenters. The number of ether oxygens (including phenoxy) is 2. The van der Waals surface area contributed by atoms with Crippen molar-refractivity contribution in [3.63, 3.8) is 0 Å². The van der Waals surface area contributed by atoms with Gasteiger partial charge < -0.3 is 46.1 Å². The van der Waals surface area contributed by atoms with Gasteiger partial charge >= 0.3 is 28.7 Å². The van der Waals surface area contributed by atoms with Crippen LogP contribution in [0.25, 0.3) is 11.1 Å². The van der Waals surface area contributed by atoms with Crippen molar-refractivity contribution in [1.82, 2.24) is 9.72 Å². The van der Waals surface area contributed by atoms with Crippen LogP contribution in [0.4, 0.5) is 0 Å². The molecule has 1 heterocycles. The Hall–Kier alpha value is -3.43. The monoisotopic (exact) mass is 542 g/mol. The summed E-state index contributed by atoms with van der Waals surface area (Å²) in [5.41, 5.74) is 4.29. The zero-order valence-corrected chi connectivity index (χ0v) is 22.1. The quantitative estimate of drug-likeness (QED) is 0.228. The van der Waals surface area contributed by atoms with Crippen LogP contribution in [0, 0.1) is 6.92 Å². The van der Waals surface area contributed by atoms with Gasteiger partial charge in [0, 0.05) is 0 Å². The van der Waals surface area contributed by atoms with Gasteiger partial charge in [-0.3, -0.25) is 0 Å². The van der Waals surface area contributed by atoms with E-state index in [-0.39, 0.29) is 64.7 Å². The molecule has 0 aliphatic carbocycles. The number of rotatable bonds is 9. The molecule has 12 nitrogen and oxygen atoms in total. The van der Waals surface area contributed by atoms with Crippen molar-refractivity contribution in [3.8, 4) is 28.7 Å². The standard InChI is InChI=1S/C25H23N2O6.Mg.4H2O/c1-17-13-22(31-12-11-28)9-10-23(17)20-4-2-3-19(14-20)16-32-21-7-5-18(6-8-21)15-27-24(29)26-25(30)33-27;;;;;/h2-10,13-14H,11-12,15-16H2,1H3,(H,26,29,30);;4*1H2/q-1;+2;;;;/p-1. The van der Waals surface area contributed by atoms with Gasteiger partial charge in [-0.25, -0.2) is 9.53 Å². The zero-order valence-electron chi connectivity index (χ0n) is 20.7. The van der Waals surface area contributed by atoms with E-state index in [0.29, 0.717) is 18.1 Å². The van der Waals surface area contributed by atoms with Crippen LogP contribution >= 0.6 is 0 Å². The molecule has 0 aliphatic heterocycles. The SMILES string of the molecule is Cc1cc(OCC[O-])ccc1-c1cccc(COc2ccc(Cn3oc([O-])nc3=O)cc2)c1.O.O.O.O.[Mg+2]. The van der Waals surface area contributed by atoms with Gasteiger partial charge in [0.25, 0.3) is 0 Å². The van der Waals surface area contributed by atoms with E-state index >= 15 is 0 Å². The fourth-order valence-corrected chi connectivity index (χ4v) is 3.45.